The molecule has 1 aromatic heterocycles. The van der Waals surface area contributed by atoms with E-state index < -0.39 is 0 Å². The number of hydrogen-bond donors (Lipinski definition) is 0. The van der Waals surface area contributed by atoms with E-state index in [-0.39, 0.29) is 5.97 Å². The van der Waals surface area contributed by atoms with Crippen LogP contribution in [-0.4, -0.2) is 22.4 Å². The second-order valence-corrected chi connectivity index (χ2v) is 5.64. The lowest BCUT2D eigenvalue weighted by Crippen LogP contribution is -2.14. The first kappa shape index (κ1) is 16.0. The molecule has 0 bridgehead atoms. The molecule has 0 saturated carbocycles. The number of aromatic nitrogens is 2. The summed E-state index contributed by atoms with van der Waals surface area (Å²) in [5.74, 6) is -0.348. The summed E-state index contributed by atoms with van der Waals surface area (Å²) in [5, 5.41) is 4.62. The van der Waals surface area contributed by atoms with Crippen LogP contribution in [0.3, 0.4) is 0 Å². The van der Waals surface area contributed by atoms with E-state index in [9.17, 15) is 4.79 Å². The smallest absolute Gasteiger partial charge is 0.356 e. The topological polar surface area (TPSA) is 44.1 Å². The van der Waals surface area contributed by atoms with E-state index in [2.05, 4.69) is 24.2 Å². The predicted octanol–water partition coefficient (Wildman–Crippen LogP) is 4.08. The molecule has 3 rings (SSSR count). The van der Waals surface area contributed by atoms with Crippen LogP contribution in [0.15, 0.2) is 60.7 Å². The van der Waals surface area contributed by atoms with Crippen LogP contribution in [0.5, 0.6) is 0 Å². The number of rotatable bonds is 5. The zero-order chi connectivity index (χ0) is 16.9. The van der Waals surface area contributed by atoms with Crippen molar-refractivity contribution in [2.45, 2.75) is 20.4 Å². The fourth-order valence-electron chi connectivity index (χ4n) is 2.52. The summed E-state index contributed by atoms with van der Waals surface area (Å²) in [7, 11) is 0. The molecule has 1 heterocycles. The molecule has 122 valence electrons. The van der Waals surface area contributed by atoms with Gasteiger partial charge in [-0.2, -0.15) is 5.10 Å². The van der Waals surface area contributed by atoms with Gasteiger partial charge in [0, 0.05) is 5.56 Å². The molecule has 0 amide bonds. The standard InChI is InChI=1S/C20H20N2O2/c1-3-24-20(23)19-13-18(17-7-5-4-6-8-17)21-22(19)14-16-11-9-15(2)10-12-16/h4-13H,3,14H2,1-2H3. The normalized spacial score (nSPS) is 10.6. The van der Waals surface area contributed by atoms with Crippen LogP contribution in [0.1, 0.15) is 28.5 Å². The Bertz CT molecular complexity index is 821. The molecular formula is C20H20N2O2. The van der Waals surface area contributed by atoms with E-state index >= 15 is 0 Å². The molecule has 0 saturated heterocycles. The van der Waals surface area contributed by atoms with Crippen molar-refractivity contribution >= 4 is 5.97 Å². The maximum Gasteiger partial charge on any atom is 0.356 e. The Kier molecular flexibility index (Phi) is 4.75. The van der Waals surface area contributed by atoms with Crippen molar-refractivity contribution < 1.29 is 9.53 Å². The number of benzene rings is 2. The first-order valence-electron chi connectivity index (χ1n) is 8.03. The monoisotopic (exact) mass is 320 g/mol. The Balaban J connectivity index is 1.97. The maximum atomic E-state index is 12.3. The maximum absolute atomic E-state index is 12.3. The van der Waals surface area contributed by atoms with Crippen molar-refractivity contribution in [1.29, 1.82) is 0 Å². The number of esters is 1. The van der Waals surface area contributed by atoms with Crippen molar-refractivity contribution in [2.75, 3.05) is 6.61 Å². The lowest BCUT2D eigenvalue weighted by molar-refractivity contribution is 0.0512. The van der Waals surface area contributed by atoms with Crippen LogP contribution in [0.25, 0.3) is 11.3 Å². The quantitative estimate of drug-likeness (QED) is 0.665. The van der Waals surface area contributed by atoms with Gasteiger partial charge in [-0.15, -0.1) is 0 Å². The summed E-state index contributed by atoms with van der Waals surface area (Å²) in [6, 6.07) is 19.8. The molecule has 4 nitrogen and oxygen atoms in total. The van der Waals surface area contributed by atoms with E-state index in [0.717, 1.165) is 16.8 Å². The van der Waals surface area contributed by atoms with Gasteiger partial charge in [-0.25, -0.2) is 4.79 Å². The molecule has 0 aliphatic rings. The highest BCUT2D eigenvalue weighted by Gasteiger charge is 2.17. The van der Waals surface area contributed by atoms with Gasteiger partial charge in [-0.05, 0) is 25.5 Å². The third-order valence-corrected chi connectivity index (χ3v) is 3.79. The van der Waals surface area contributed by atoms with Gasteiger partial charge < -0.3 is 4.74 Å². The molecular weight excluding hydrogens is 300 g/mol. The summed E-state index contributed by atoms with van der Waals surface area (Å²) in [5.41, 5.74) is 4.51. The first-order valence-corrected chi connectivity index (χ1v) is 8.03. The average Bonchev–Trinajstić information content (AvgIpc) is 3.02. The van der Waals surface area contributed by atoms with Crippen LogP contribution in [-0.2, 0) is 11.3 Å². The molecule has 0 N–H and O–H groups in total. The molecule has 0 radical (unpaired) electrons. The van der Waals surface area contributed by atoms with Crippen LogP contribution < -0.4 is 0 Å². The highest BCUT2D eigenvalue weighted by atomic mass is 16.5. The summed E-state index contributed by atoms with van der Waals surface area (Å²) < 4.78 is 6.89. The Hall–Kier alpha value is -2.88. The fraction of sp³-hybridized carbons (Fsp3) is 0.200. The van der Waals surface area contributed by atoms with E-state index in [1.807, 2.05) is 42.5 Å². The summed E-state index contributed by atoms with van der Waals surface area (Å²) in [4.78, 5) is 12.3. The van der Waals surface area contributed by atoms with Crippen LogP contribution in [0, 0.1) is 6.92 Å². The molecule has 0 unspecified atom stereocenters. The lowest BCUT2D eigenvalue weighted by Gasteiger charge is -2.07. The summed E-state index contributed by atoms with van der Waals surface area (Å²) in [6.45, 7) is 4.72. The molecule has 0 aliphatic carbocycles. The predicted molar refractivity (Wildman–Crippen MR) is 93.9 cm³/mol. The van der Waals surface area contributed by atoms with Gasteiger partial charge in [0.25, 0.3) is 0 Å². The largest absolute Gasteiger partial charge is 0.461 e. The summed E-state index contributed by atoms with van der Waals surface area (Å²) in [6.07, 6.45) is 0. The van der Waals surface area contributed by atoms with E-state index in [1.165, 1.54) is 5.56 Å². The van der Waals surface area contributed by atoms with E-state index in [4.69, 9.17) is 4.74 Å². The zero-order valence-corrected chi connectivity index (χ0v) is 13.9. The second-order valence-electron chi connectivity index (χ2n) is 5.64. The molecule has 0 fully saturated rings. The van der Waals surface area contributed by atoms with Crippen molar-refractivity contribution in [1.82, 2.24) is 9.78 Å². The van der Waals surface area contributed by atoms with Gasteiger partial charge in [0.2, 0.25) is 0 Å². The van der Waals surface area contributed by atoms with Gasteiger partial charge >= 0.3 is 5.97 Å². The van der Waals surface area contributed by atoms with Crippen molar-refractivity contribution in [3.8, 4) is 11.3 Å². The van der Waals surface area contributed by atoms with Gasteiger partial charge in [0.05, 0.1) is 18.8 Å². The van der Waals surface area contributed by atoms with Crippen molar-refractivity contribution in [3.05, 3.63) is 77.5 Å². The molecule has 0 atom stereocenters. The van der Waals surface area contributed by atoms with E-state index in [0.29, 0.717) is 18.8 Å². The van der Waals surface area contributed by atoms with Crippen molar-refractivity contribution in [3.63, 3.8) is 0 Å². The average molecular weight is 320 g/mol. The molecule has 4 heteroatoms. The van der Waals surface area contributed by atoms with Gasteiger partial charge in [0.1, 0.15) is 5.69 Å². The number of carbonyl (C=O) groups is 1. The highest BCUT2D eigenvalue weighted by molar-refractivity contribution is 5.89. The number of hydrogen-bond acceptors (Lipinski definition) is 3. The lowest BCUT2D eigenvalue weighted by atomic mass is 10.1. The first-order chi connectivity index (χ1) is 11.7. The van der Waals surface area contributed by atoms with Gasteiger partial charge in [-0.3, -0.25) is 4.68 Å². The zero-order valence-electron chi connectivity index (χ0n) is 13.9. The molecule has 0 aliphatic heterocycles. The second kappa shape index (κ2) is 7.13. The van der Waals surface area contributed by atoms with Crippen LogP contribution in [0.4, 0.5) is 0 Å². The van der Waals surface area contributed by atoms with Crippen LogP contribution >= 0.6 is 0 Å². The third kappa shape index (κ3) is 3.54. The number of ether oxygens (including phenoxy) is 1. The Morgan fingerprint density at radius 2 is 1.79 bits per heavy atom. The molecule has 24 heavy (non-hydrogen) atoms. The SMILES string of the molecule is CCOC(=O)c1cc(-c2ccccc2)nn1Cc1ccc(C)cc1. The van der Waals surface area contributed by atoms with Crippen molar-refractivity contribution in [2.24, 2.45) is 0 Å². The minimum absolute atomic E-state index is 0.342. The Morgan fingerprint density at radius 3 is 2.46 bits per heavy atom. The van der Waals surface area contributed by atoms with Gasteiger partial charge in [-0.1, -0.05) is 60.2 Å². The molecule has 3 aromatic rings. The number of aryl methyl sites for hydroxylation is 1. The third-order valence-electron chi connectivity index (χ3n) is 3.79. The van der Waals surface area contributed by atoms with Crippen LogP contribution in [0.2, 0.25) is 0 Å². The molecule has 2 aromatic carbocycles. The molecule has 0 spiro atoms. The number of carbonyl (C=O) groups excluding carboxylic acids is 1. The Morgan fingerprint density at radius 1 is 1.08 bits per heavy atom. The minimum atomic E-state index is -0.348. The number of nitrogens with zero attached hydrogens (tertiary/aromatic N) is 2. The van der Waals surface area contributed by atoms with Gasteiger partial charge in [0.15, 0.2) is 0 Å². The Labute approximate surface area is 141 Å². The fourth-order valence-corrected chi connectivity index (χ4v) is 2.52. The minimum Gasteiger partial charge on any atom is -0.461 e. The summed E-state index contributed by atoms with van der Waals surface area (Å²) >= 11 is 0. The highest BCUT2D eigenvalue weighted by Crippen LogP contribution is 2.20. The van der Waals surface area contributed by atoms with E-state index in [1.54, 1.807) is 17.7 Å².